The van der Waals surface area contributed by atoms with Crippen LogP contribution in [0.5, 0.6) is 11.5 Å². The Bertz CT molecular complexity index is 497. The van der Waals surface area contributed by atoms with E-state index >= 15 is 0 Å². The molecule has 21 heavy (non-hydrogen) atoms. The van der Waals surface area contributed by atoms with E-state index in [1.807, 2.05) is 13.8 Å². The van der Waals surface area contributed by atoms with Crippen molar-refractivity contribution in [2.75, 3.05) is 35.0 Å². The van der Waals surface area contributed by atoms with Gasteiger partial charge in [0.15, 0.2) is 17.8 Å². The molecule has 0 heterocycles. The topological polar surface area (TPSA) is 66.0 Å². The monoisotopic (exact) mass is 297 g/mol. The maximum Gasteiger partial charge on any atom is 0.251 e. The van der Waals surface area contributed by atoms with Crippen molar-refractivity contribution in [2.45, 2.75) is 20.1 Å². The zero-order valence-corrected chi connectivity index (χ0v) is 13.4. The van der Waals surface area contributed by atoms with Gasteiger partial charge in [0.2, 0.25) is 0 Å². The van der Waals surface area contributed by atoms with Crippen LogP contribution in [0.3, 0.4) is 0 Å². The molecule has 1 aromatic carbocycles. The van der Waals surface area contributed by atoms with Gasteiger partial charge in [0.05, 0.1) is 20.8 Å². The van der Waals surface area contributed by atoms with E-state index in [4.69, 9.17) is 18.9 Å². The van der Waals surface area contributed by atoms with Gasteiger partial charge in [0.1, 0.15) is 0 Å². The van der Waals surface area contributed by atoms with Crippen molar-refractivity contribution < 1.29 is 23.7 Å². The molecule has 0 aliphatic carbocycles. The molecule has 0 aromatic heterocycles. The van der Waals surface area contributed by atoms with Crippen LogP contribution in [0.25, 0.3) is 0 Å². The molecule has 1 aromatic rings. The highest BCUT2D eigenvalue weighted by atomic mass is 16.7. The highest BCUT2D eigenvalue weighted by Gasteiger charge is 2.19. The Morgan fingerprint density at radius 1 is 1.10 bits per heavy atom. The Hall–Kier alpha value is -1.79. The molecule has 0 aliphatic heterocycles. The van der Waals surface area contributed by atoms with E-state index in [1.54, 1.807) is 20.3 Å². The fourth-order valence-electron chi connectivity index (χ4n) is 2.13. The molecule has 0 aliphatic rings. The van der Waals surface area contributed by atoms with E-state index < -0.39 is 6.29 Å². The molecule has 0 unspecified atom stereocenters. The van der Waals surface area contributed by atoms with Crippen LogP contribution in [0.1, 0.15) is 21.5 Å². The fourth-order valence-corrected chi connectivity index (χ4v) is 2.13. The number of rotatable bonds is 7. The first kappa shape index (κ1) is 17.3. The minimum Gasteiger partial charge on any atom is -0.493 e. The highest BCUT2D eigenvalue weighted by molar-refractivity contribution is 5.97. The van der Waals surface area contributed by atoms with E-state index in [-0.39, 0.29) is 12.5 Å². The van der Waals surface area contributed by atoms with Crippen molar-refractivity contribution in [3.8, 4) is 11.5 Å². The number of benzene rings is 1. The van der Waals surface area contributed by atoms with E-state index in [1.165, 1.54) is 14.2 Å². The predicted molar refractivity (Wildman–Crippen MR) is 79.2 cm³/mol. The summed E-state index contributed by atoms with van der Waals surface area (Å²) >= 11 is 0. The SMILES string of the molecule is COc1c(C)cc(C(=O)NCC(OC)OC)c(C)c1OC. The molecule has 6 nitrogen and oxygen atoms in total. The Labute approximate surface area is 125 Å². The molecule has 1 amide bonds. The van der Waals surface area contributed by atoms with Crippen molar-refractivity contribution in [2.24, 2.45) is 0 Å². The van der Waals surface area contributed by atoms with E-state index in [2.05, 4.69) is 5.32 Å². The van der Waals surface area contributed by atoms with E-state index in [0.29, 0.717) is 17.1 Å². The zero-order chi connectivity index (χ0) is 16.0. The fraction of sp³-hybridized carbons (Fsp3) is 0.533. The summed E-state index contributed by atoms with van der Waals surface area (Å²) in [6.07, 6.45) is -0.476. The van der Waals surface area contributed by atoms with Crippen molar-refractivity contribution in [3.05, 3.63) is 22.8 Å². The van der Waals surface area contributed by atoms with Crippen molar-refractivity contribution >= 4 is 5.91 Å². The third-order valence-corrected chi connectivity index (χ3v) is 3.28. The maximum absolute atomic E-state index is 12.3. The number of hydrogen-bond acceptors (Lipinski definition) is 5. The summed E-state index contributed by atoms with van der Waals surface area (Å²) in [5.74, 6) is 0.992. The van der Waals surface area contributed by atoms with Gasteiger partial charge in [-0.2, -0.15) is 0 Å². The smallest absolute Gasteiger partial charge is 0.251 e. The number of hydrogen-bond donors (Lipinski definition) is 1. The number of nitrogens with one attached hydrogen (secondary N) is 1. The van der Waals surface area contributed by atoms with Gasteiger partial charge in [0.25, 0.3) is 5.91 Å². The number of amides is 1. The van der Waals surface area contributed by atoms with Gasteiger partial charge >= 0.3 is 0 Å². The van der Waals surface area contributed by atoms with Crippen molar-refractivity contribution in [3.63, 3.8) is 0 Å². The molecule has 0 saturated carbocycles. The maximum atomic E-state index is 12.3. The quantitative estimate of drug-likeness (QED) is 0.776. The van der Waals surface area contributed by atoms with Crippen molar-refractivity contribution in [1.82, 2.24) is 5.32 Å². The normalized spacial score (nSPS) is 10.6. The average Bonchev–Trinajstić information content (AvgIpc) is 2.49. The van der Waals surface area contributed by atoms with Gasteiger partial charge in [0, 0.05) is 25.3 Å². The zero-order valence-electron chi connectivity index (χ0n) is 13.4. The van der Waals surface area contributed by atoms with Crippen LogP contribution in [-0.2, 0) is 9.47 Å². The Morgan fingerprint density at radius 3 is 2.14 bits per heavy atom. The number of methoxy groups -OCH3 is 4. The standard InChI is InChI=1S/C15H23NO5/c1-9-7-11(10(2)14(21-6)13(9)20-5)15(17)16-8-12(18-3)19-4/h7,12H,8H2,1-6H3,(H,16,17). The van der Waals surface area contributed by atoms with Gasteiger partial charge in [-0.15, -0.1) is 0 Å². The molecule has 1 N–H and O–H groups in total. The summed E-state index contributed by atoms with van der Waals surface area (Å²) in [5.41, 5.74) is 2.10. The lowest BCUT2D eigenvalue weighted by molar-refractivity contribution is -0.0974. The number of carbonyl (C=O) groups is 1. The highest BCUT2D eigenvalue weighted by Crippen LogP contribution is 2.36. The Morgan fingerprint density at radius 2 is 1.67 bits per heavy atom. The molecular formula is C15H23NO5. The first-order valence-electron chi connectivity index (χ1n) is 6.56. The first-order chi connectivity index (χ1) is 9.99. The summed E-state index contributed by atoms with van der Waals surface area (Å²) in [5, 5.41) is 2.77. The molecule has 0 bridgehead atoms. The van der Waals surface area contributed by atoms with Crippen LogP contribution in [0.4, 0.5) is 0 Å². The van der Waals surface area contributed by atoms with Crippen LogP contribution in [0.15, 0.2) is 6.07 Å². The van der Waals surface area contributed by atoms with Gasteiger partial charge in [-0.05, 0) is 25.5 Å². The molecule has 0 atom stereocenters. The van der Waals surface area contributed by atoms with Crippen LogP contribution < -0.4 is 14.8 Å². The van der Waals surface area contributed by atoms with Crippen molar-refractivity contribution in [1.29, 1.82) is 0 Å². The summed E-state index contributed by atoms with van der Waals surface area (Å²) in [7, 11) is 6.17. The largest absolute Gasteiger partial charge is 0.493 e. The molecule has 118 valence electrons. The van der Waals surface area contributed by atoms with Gasteiger partial charge in [-0.1, -0.05) is 0 Å². The summed E-state index contributed by atoms with van der Waals surface area (Å²) < 4.78 is 20.8. The average molecular weight is 297 g/mol. The lowest BCUT2D eigenvalue weighted by Crippen LogP contribution is -2.34. The van der Waals surface area contributed by atoms with Crippen LogP contribution in [-0.4, -0.2) is 47.2 Å². The lowest BCUT2D eigenvalue weighted by Gasteiger charge is -2.18. The van der Waals surface area contributed by atoms with Crippen LogP contribution >= 0.6 is 0 Å². The number of aryl methyl sites for hydroxylation is 1. The first-order valence-corrected chi connectivity index (χ1v) is 6.56. The second kappa shape index (κ2) is 7.85. The third kappa shape index (κ3) is 3.86. The van der Waals surface area contributed by atoms with E-state index in [0.717, 1.165) is 11.1 Å². The lowest BCUT2D eigenvalue weighted by atomic mass is 10.0. The summed E-state index contributed by atoms with van der Waals surface area (Å²) in [6, 6.07) is 1.78. The van der Waals surface area contributed by atoms with E-state index in [9.17, 15) is 4.79 Å². The Balaban J connectivity index is 3.02. The second-order valence-electron chi connectivity index (χ2n) is 4.54. The summed E-state index contributed by atoms with van der Waals surface area (Å²) in [4.78, 5) is 12.3. The molecule has 0 radical (unpaired) electrons. The second-order valence-corrected chi connectivity index (χ2v) is 4.54. The number of ether oxygens (including phenoxy) is 4. The summed E-state index contributed by atoms with van der Waals surface area (Å²) in [6.45, 7) is 3.95. The predicted octanol–water partition coefficient (Wildman–Crippen LogP) is 1.67. The third-order valence-electron chi connectivity index (χ3n) is 3.28. The molecule has 0 saturated heterocycles. The van der Waals surface area contributed by atoms with Gasteiger partial charge in [-0.3, -0.25) is 4.79 Å². The molecule has 6 heteroatoms. The number of carbonyl (C=O) groups excluding carboxylic acids is 1. The molecular weight excluding hydrogens is 274 g/mol. The molecule has 1 rings (SSSR count). The van der Waals surface area contributed by atoms with Crippen LogP contribution in [0.2, 0.25) is 0 Å². The van der Waals surface area contributed by atoms with Crippen LogP contribution in [0, 0.1) is 13.8 Å². The van der Waals surface area contributed by atoms with Gasteiger partial charge < -0.3 is 24.3 Å². The van der Waals surface area contributed by atoms with Gasteiger partial charge in [-0.25, -0.2) is 0 Å². The minimum absolute atomic E-state index is 0.212. The Kier molecular flexibility index (Phi) is 6.45. The molecule has 0 fully saturated rings. The minimum atomic E-state index is -0.476. The molecule has 0 spiro atoms.